The quantitative estimate of drug-likeness (QED) is 0.390. The predicted molar refractivity (Wildman–Crippen MR) is 66.5 cm³/mol. The number of allylic oxidation sites excluding steroid dienone is 2. The van der Waals surface area contributed by atoms with Gasteiger partial charge in [-0.25, -0.2) is 0 Å². The molecule has 0 bridgehead atoms. The number of rotatable bonds is 7. The number of hydrogen-bond acceptors (Lipinski definition) is 0. The Morgan fingerprint density at radius 3 is 1.86 bits per heavy atom. The standard InChI is InChI=1S/C14H26/c1-7-8-9-10-11-14(6,12(2)3)13(4)5/h2,4,7-11H2,1,3,5-6H3. The molecule has 0 N–H and O–H groups in total. The highest BCUT2D eigenvalue weighted by Crippen LogP contribution is 2.38. The summed E-state index contributed by atoms with van der Waals surface area (Å²) in [6, 6.07) is 0. The Morgan fingerprint density at radius 1 is 1.00 bits per heavy atom. The lowest BCUT2D eigenvalue weighted by Gasteiger charge is -2.31. The zero-order valence-corrected chi connectivity index (χ0v) is 10.4. The first-order chi connectivity index (χ1) is 6.45. The van der Waals surface area contributed by atoms with Crippen LogP contribution in [0.25, 0.3) is 0 Å². The molecular formula is C14H26. The van der Waals surface area contributed by atoms with E-state index in [1.807, 2.05) is 0 Å². The fraction of sp³-hybridized carbons (Fsp3) is 0.714. The fourth-order valence-corrected chi connectivity index (χ4v) is 1.70. The first-order valence-corrected chi connectivity index (χ1v) is 5.77. The summed E-state index contributed by atoms with van der Waals surface area (Å²) in [7, 11) is 0. The van der Waals surface area contributed by atoms with Gasteiger partial charge in [-0.3, -0.25) is 0 Å². The molecular weight excluding hydrogens is 168 g/mol. The van der Waals surface area contributed by atoms with Crippen LogP contribution in [0.15, 0.2) is 24.3 Å². The maximum absolute atomic E-state index is 4.09. The van der Waals surface area contributed by atoms with E-state index < -0.39 is 0 Å². The second-order valence-electron chi connectivity index (χ2n) is 4.70. The number of hydrogen-bond donors (Lipinski definition) is 0. The SMILES string of the molecule is C=C(C)C(C)(CCCCCC)C(=C)C. The fourth-order valence-electron chi connectivity index (χ4n) is 1.70. The lowest BCUT2D eigenvalue weighted by Crippen LogP contribution is -2.18. The van der Waals surface area contributed by atoms with Gasteiger partial charge in [0.15, 0.2) is 0 Å². The maximum Gasteiger partial charge on any atom is 0.00813 e. The van der Waals surface area contributed by atoms with Crippen LogP contribution in [0.1, 0.15) is 59.8 Å². The second-order valence-corrected chi connectivity index (χ2v) is 4.70. The van der Waals surface area contributed by atoms with E-state index in [9.17, 15) is 0 Å². The molecule has 0 aromatic carbocycles. The first-order valence-electron chi connectivity index (χ1n) is 5.77. The van der Waals surface area contributed by atoms with E-state index in [-0.39, 0.29) is 5.41 Å². The van der Waals surface area contributed by atoms with E-state index in [0.29, 0.717) is 0 Å². The molecule has 0 heterocycles. The van der Waals surface area contributed by atoms with E-state index >= 15 is 0 Å². The highest BCUT2D eigenvalue weighted by Gasteiger charge is 2.25. The van der Waals surface area contributed by atoms with Crippen molar-refractivity contribution in [1.29, 1.82) is 0 Å². The molecule has 0 fully saturated rings. The van der Waals surface area contributed by atoms with Crippen molar-refractivity contribution >= 4 is 0 Å². The van der Waals surface area contributed by atoms with Crippen LogP contribution in [0.4, 0.5) is 0 Å². The topological polar surface area (TPSA) is 0 Å². The van der Waals surface area contributed by atoms with Crippen LogP contribution in [-0.4, -0.2) is 0 Å². The lowest BCUT2D eigenvalue weighted by atomic mass is 9.74. The van der Waals surface area contributed by atoms with E-state index in [0.717, 1.165) is 0 Å². The highest BCUT2D eigenvalue weighted by atomic mass is 14.3. The van der Waals surface area contributed by atoms with E-state index in [1.54, 1.807) is 0 Å². The van der Waals surface area contributed by atoms with Gasteiger partial charge in [-0.2, -0.15) is 0 Å². The average molecular weight is 194 g/mol. The smallest absolute Gasteiger partial charge is 0.00813 e. The van der Waals surface area contributed by atoms with Gasteiger partial charge in [0.2, 0.25) is 0 Å². The van der Waals surface area contributed by atoms with Gasteiger partial charge in [-0.1, -0.05) is 63.8 Å². The molecule has 0 amide bonds. The lowest BCUT2D eigenvalue weighted by molar-refractivity contribution is 0.413. The van der Waals surface area contributed by atoms with Gasteiger partial charge >= 0.3 is 0 Å². The van der Waals surface area contributed by atoms with Gasteiger partial charge < -0.3 is 0 Å². The third kappa shape index (κ3) is 3.69. The largest absolute Gasteiger partial charge is 0.0993 e. The minimum atomic E-state index is 0.160. The molecule has 0 aliphatic rings. The minimum Gasteiger partial charge on any atom is -0.0993 e. The molecule has 0 radical (unpaired) electrons. The second kappa shape index (κ2) is 6.06. The van der Waals surface area contributed by atoms with Gasteiger partial charge in [-0.15, -0.1) is 0 Å². The first kappa shape index (κ1) is 13.5. The molecule has 0 aliphatic carbocycles. The van der Waals surface area contributed by atoms with E-state index in [2.05, 4.69) is 40.9 Å². The Bertz CT molecular complexity index is 184. The summed E-state index contributed by atoms with van der Waals surface area (Å²) >= 11 is 0. The van der Waals surface area contributed by atoms with Crippen molar-refractivity contribution in [2.45, 2.75) is 59.8 Å². The van der Waals surface area contributed by atoms with Crippen LogP contribution in [0.5, 0.6) is 0 Å². The minimum absolute atomic E-state index is 0.160. The Kier molecular flexibility index (Phi) is 5.83. The van der Waals surface area contributed by atoms with Crippen LogP contribution < -0.4 is 0 Å². The monoisotopic (exact) mass is 194 g/mol. The summed E-state index contributed by atoms with van der Waals surface area (Å²) < 4.78 is 0. The van der Waals surface area contributed by atoms with Crippen molar-refractivity contribution in [3.63, 3.8) is 0 Å². The van der Waals surface area contributed by atoms with Crippen LogP contribution in [0.3, 0.4) is 0 Å². The van der Waals surface area contributed by atoms with Gasteiger partial charge in [0, 0.05) is 5.41 Å². The third-order valence-electron chi connectivity index (χ3n) is 3.41. The van der Waals surface area contributed by atoms with Crippen molar-refractivity contribution in [3.05, 3.63) is 24.3 Å². The molecule has 0 spiro atoms. The molecule has 0 rings (SSSR count). The third-order valence-corrected chi connectivity index (χ3v) is 3.41. The summed E-state index contributed by atoms with van der Waals surface area (Å²) in [4.78, 5) is 0. The summed E-state index contributed by atoms with van der Waals surface area (Å²) in [6.07, 6.45) is 6.49. The van der Waals surface area contributed by atoms with Crippen molar-refractivity contribution in [2.75, 3.05) is 0 Å². The summed E-state index contributed by atoms with van der Waals surface area (Å²) in [5, 5.41) is 0. The van der Waals surface area contributed by atoms with Gasteiger partial charge in [0.1, 0.15) is 0 Å². The Labute approximate surface area is 90.1 Å². The van der Waals surface area contributed by atoms with Crippen LogP contribution in [0, 0.1) is 5.41 Å². The van der Waals surface area contributed by atoms with Crippen molar-refractivity contribution in [2.24, 2.45) is 5.41 Å². The van der Waals surface area contributed by atoms with Gasteiger partial charge in [-0.05, 0) is 20.3 Å². The summed E-state index contributed by atoms with van der Waals surface area (Å²) in [5.41, 5.74) is 2.66. The molecule has 0 aliphatic heterocycles. The van der Waals surface area contributed by atoms with Crippen molar-refractivity contribution in [1.82, 2.24) is 0 Å². The van der Waals surface area contributed by atoms with Crippen LogP contribution in [-0.2, 0) is 0 Å². The Hall–Kier alpha value is -0.520. The predicted octanol–water partition coefficient (Wildman–Crippen LogP) is 5.12. The maximum atomic E-state index is 4.09. The molecule has 0 saturated heterocycles. The molecule has 0 aromatic heterocycles. The van der Waals surface area contributed by atoms with Gasteiger partial charge in [0.05, 0.1) is 0 Å². The summed E-state index contributed by atoms with van der Waals surface area (Å²) in [5.74, 6) is 0. The van der Waals surface area contributed by atoms with E-state index in [4.69, 9.17) is 0 Å². The Morgan fingerprint density at radius 2 is 1.50 bits per heavy atom. The molecule has 0 heteroatoms. The number of unbranched alkanes of at least 4 members (excludes halogenated alkanes) is 3. The van der Waals surface area contributed by atoms with Crippen molar-refractivity contribution < 1.29 is 0 Å². The Balaban J connectivity index is 4.12. The molecule has 14 heavy (non-hydrogen) atoms. The molecule has 0 nitrogen and oxygen atoms in total. The molecule has 0 aromatic rings. The molecule has 0 saturated carbocycles. The zero-order chi connectivity index (χ0) is 11.2. The zero-order valence-electron chi connectivity index (χ0n) is 10.4. The highest BCUT2D eigenvalue weighted by molar-refractivity contribution is 5.21. The molecule has 0 atom stereocenters. The van der Waals surface area contributed by atoms with Crippen molar-refractivity contribution in [3.8, 4) is 0 Å². The molecule has 0 unspecified atom stereocenters. The summed E-state index contributed by atoms with van der Waals surface area (Å²) in [6.45, 7) is 16.9. The van der Waals surface area contributed by atoms with Crippen LogP contribution in [0.2, 0.25) is 0 Å². The van der Waals surface area contributed by atoms with Crippen LogP contribution >= 0.6 is 0 Å². The van der Waals surface area contributed by atoms with E-state index in [1.165, 1.54) is 43.3 Å². The molecule has 82 valence electrons. The van der Waals surface area contributed by atoms with Gasteiger partial charge in [0.25, 0.3) is 0 Å². The normalized spacial score (nSPS) is 11.4. The average Bonchev–Trinajstić information content (AvgIpc) is 2.11.